The maximum Gasteiger partial charge on any atom is 0.268 e. The summed E-state index contributed by atoms with van der Waals surface area (Å²) in [6, 6.07) is 0.956. The monoisotopic (exact) mass is 289 g/mol. The van der Waals surface area contributed by atoms with Crippen molar-refractivity contribution in [2.45, 2.75) is 24.3 Å². The first-order chi connectivity index (χ1) is 8.85. The number of aryl methyl sites for hydroxylation is 1. The maximum atomic E-state index is 12.0. The molecule has 1 heterocycles. The minimum atomic E-state index is -3.57. The van der Waals surface area contributed by atoms with Crippen molar-refractivity contribution >= 4 is 15.9 Å². The lowest BCUT2D eigenvalue weighted by Crippen LogP contribution is -2.37. The number of amides is 1. The molecule has 1 amide bonds. The Balaban J connectivity index is 3.00. The molecule has 1 aromatic heterocycles. The first kappa shape index (κ1) is 15.7. The van der Waals surface area contributed by atoms with Gasteiger partial charge in [-0.1, -0.05) is 6.92 Å². The van der Waals surface area contributed by atoms with E-state index in [9.17, 15) is 13.2 Å². The van der Waals surface area contributed by atoms with Gasteiger partial charge in [0.15, 0.2) is 0 Å². The highest BCUT2D eigenvalue weighted by atomic mass is 32.2. The van der Waals surface area contributed by atoms with Crippen molar-refractivity contribution in [3.8, 4) is 0 Å². The highest BCUT2D eigenvalue weighted by Gasteiger charge is 2.20. The molecule has 0 aliphatic rings. The van der Waals surface area contributed by atoms with Crippen LogP contribution in [0.2, 0.25) is 0 Å². The summed E-state index contributed by atoms with van der Waals surface area (Å²) in [5.41, 5.74) is 0.223. The van der Waals surface area contributed by atoms with Gasteiger partial charge >= 0.3 is 0 Å². The predicted molar refractivity (Wildman–Crippen MR) is 70.3 cm³/mol. The summed E-state index contributed by atoms with van der Waals surface area (Å²) in [6.07, 6.45) is 1.95. The van der Waals surface area contributed by atoms with Gasteiger partial charge in [0, 0.05) is 13.2 Å². The number of hydrogen-bond donors (Lipinski definition) is 3. The molecule has 1 aromatic rings. The summed E-state index contributed by atoms with van der Waals surface area (Å²) in [6.45, 7) is 1.68. The SMILES string of the molecule is CC[C@@H](CO)NC(=O)c1cc(S(=O)(=O)NC)cn1C. The number of carbonyl (C=O) groups is 1. The highest BCUT2D eigenvalue weighted by molar-refractivity contribution is 7.89. The van der Waals surface area contributed by atoms with Gasteiger partial charge in [-0.3, -0.25) is 4.79 Å². The van der Waals surface area contributed by atoms with Crippen LogP contribution in [0.3, 0.4) is 0 Å². The number of hydrogen-bond acceptors (Lipinski definition) is 4. The number of sulfonamides is 1. The molecule has 0 saturated heterocycles. The van der Waals surface area contributed by atoms with Crippen molar-refractivity contribution < 1.29 is 18.3 Å². The number of rotatable bonds is 6. The number of carbonyl (C=O) groups excluding carboxylic acids is 1. The summed E-state index contributed by atoms with van der Waals surface area (Å²) >= 11 is 0. The van der Waals surface area contributed by atoms with Crippen molar-refractivity contribution in [3.63, 3.8) is 0 Å². The zero-order valence-corrected chi connectivity index (χ0v) is 12.0. The molecule has 0 unspecified atom stereocenters. The van der Waals surface area contributed by atoms with E-state index in [1.165, 1.54) is 23.9 Å². The Morgan fingerprint density at radius 2 is 2.16 bits per heavy atom. The van der Waals surface area contributed by atoms with Gasteiger partial charge in [-0.2, -0.15) is 0 Å². The van der Waals surface area contributed by atoms with Gasteiger partial charge in [0.2, 0.25) is 10.0 Å². The molecule has 0 radical (unpaired) electrons. The quantitative estimate of drug-likeness (QED) is 0.653. The van der Waals surface area contributed by atoms with Crippen LogP contribution in [0.4, 0.5) is 0 Å². The Morgan fingerprint density at radius 1 is 1.53 bits per heavy atom. The van der Waals surface area contributed by atoms with Crippen LogP contribution in [-0.4, -0.2) is 43.7 Å². The molecule has 1 atom stereocenters. The number of aromatic nitrogens is 1. The molecule has 19 heavy (non-hydrogen) atoms. The van der Waals surface area contributed by atoms with Crippen LogP contribution in [0.15, 0.2) is 17.2 Å². The van der Waals surface area contributed by atoms with Crippen LogP contribution in [0, 0.1) is 0 Å². The highest BCUT2D eigenvalue weighted by Crippen LogP contribution is 2.13. The van der Waals surface area contributed by atoms with Crippen LogP contribution in [-0.2, 0) is 17.1 Å². The van der Waals surface area contributed by atoms with E-state index < -0.39 is 15.9 Å². The Hall–Kier alpha value is -1.38. The first-order valence-corrected chi connectivity index (χ1v) is 7.35. The second-order valence-corrected chi connectivity index (χ2v) is 6.03. The minimum absolute atomic E-state index is 0.0275. The van der Waals surface area contributed by atoms with Crippen LogP contribution in [0.5, 0.6) is 0 Å². The molecule has 108 valence electrons. The fourth-order valence-electron chi connectivity index (χ4n) is 1.56. The molecule has 8 heteroatoms. The van der Waals surface area contributed by atoms with E-state index in [0.717, 1.165) is 0 Å². The van der Waals surface area contributed by atoms with E-state index in [2.05, 4.69) is 10.0 Å². The van der Waals surface area contributed by atoms with E-state index in [1.54, 1.807) is 7.05 Å². The molecular formula is C11H19N3O4S. The van der Waals surface area contributed by atoms with Crippen molar-refractivity contribution in [3.05, 3.63) is 18.0 Å². The topological polar surface area (TPSA) is 100 Å². The van der Waals surface area contributed by atoms with Crippen molar-refractivity contribution in [2.75, 3.05) is 13.7 Å². The third kappa shape index (κ3) is 3.55. The van der Waals surface area contributed by atoms with Crippen molar-refractivity contribution in [1.82, 2.24) is 14.6 Å². The fourth-order valence-corrected chi connectivity index (χ4v) is 2.36. The van der Waals surface area contributed by atoms with E-state index >= 15 is 0 Å². The molecule has 0 fully saturated rings. The summed E-state index contributed by atoms with van der Waals surface area (Å²) in [5, 5.41) is 11.7. The normalized spacial score (nSPS) is 13.3. The third-order valence-corrected chi connectivity index (χ3v) is 4.22. The van der Waals surface area contributed by atoms with Gasteiger partial charge in [0.1, 0.15) is 10.6 Å². The molecule has 0 aromatic carbocycles. The Bertz CT molecular complexity index is 546. The molecule has 3 N–H and O–H groups in total. The molecule has 0 saturated carbocycles. The van der Waals surface area contributed by atoms with Gasteiger partial charge in [-0.05, 0) is 19.5 Å². The van der Waals surface area contributed by atoms with Gasteiger partial charge in [-0.15, -0.1) is 0 Å². The number of aliphatic hydroxyl groups is 1. The smallest absolute Gasteiger partial charge is 0.268 e. The minimum Gasteiger partial charge on any atom is -0.394 e. The van der Waals surface area contributed by atoms with E-state index in [1.807, 2.05) is 6.92 Å². The lowest BCUT2D eigenvalue weighted by atomic mass is 10.2. The predicted octanol–water partition coefficient (Wildman–Crippen LogP) is -0.566. The van der Waals surface area contributed by atoms with Crippen LogP contribution in [0.1, 0.15) is 23.8 Å². The Kier molecular flexibility index (Phi) is 5.10. The third-order valence-electron chi connectivity index (χ3n) is 2.84. The Morgan fingerprint density at radius 3 is 2.63 bits per heavy atom. The Labute approximate surface area is 112 Å². The molecule has 0 aliphatic heterocycles. The average Bonchev–Trinajstić information content (AvgIpc) is 2.78. The van der Waals surface area contributed by atoms with E-state index in [-0.39, 0.29) is 23.2 Å². The second-order valence-electron chi connectivity index (χ2n) is 4.14. The van der Waals surface area contributed by atoms with Crippen LogP contribution < -0.4 is 10.0 Å². The summed E-state index contributed by atoms with van der Waals surface area (Å²) < 4.78 is 26.9. The summed E-state index contributed by atoms with van der Waals surface area (Å²) in [7, 11) is -0.680. The number of aliphatic hydroxyl groups excluding tert-OH is 1. The van der Waals surface area contributed by atoms with Gasteiger partial charge in [0.05, 0.1) is 12.6 Å². The molecular weight excluding hydrogens is 270 g/mol. The van der Waals surface area contributed by atoms with Crippen LogP contribution in [0.25, 0.3) is 0 Å². The molecule has 0 bridgehead atoms. The zero-order chi connectivity index (χ0) is 14.6. The van der Waals surface area contributed by atoms with E-state index in [0.29, 0.717) is 6.42 Å². The molecule has 0 aliphatic carbocycles. The lowest BCUT2D eigenvalue weighted by molar-refractivity contribution is 0.0906. The summed E-state index contributed by atoms with van der Waals surface area (Å²) in [4.78, 5) is 12.0. The standard InChI is InChI=1S/C11H19N3O4S/c1-4-8(7-15)13-11(16)10-5-9(6-14(10)3)19(17,18)12-2/h5-6,8,12,15H,4,7H2,1-3H3,(H,13,16)/t8-/m0/s1. The first-order valence-electron chi connectivity index (χ1n) is 5.87. The fraction of sp³-hybridized carbons (Fsp3) is 0.545. The van der Waals surface area contributed by atoms with Gasteiger partial charge in [0.25, 0.3) is 5.91 Å². The number of nitrogens with one attached hydrogen (secondary N) is 2. The second kappa shape index (κ2) is 6.18. The zero-order valence-electron chi connectivity index (χ0n) is 11.2. The van der Waals surface area contributed by atoms with Gasteiger partial charge in [-0.25, -0.2) is 13.1 Å². The van der Waals surface area contributed by atoms with Gasteiger partial charge < -0.3 is 15.0 Å². The molecule has 1 rings (SSSR count). The number of nitrogens with zero attached hydrogens (tertiary/aromatic N) is 1. The average molecular weight is 289 g/mol. The van der Waals surface area contributed by atoms with Crippen molar-refractivity contribution in [2.24, 2.45) is 7.05 Å². The summed E-state index contributed by atoms with van der Waals surface area (Å²) in [5.74, 6) is -0.416. The maximum absolute atomic E-state index is 12.0. The largest absolute Gasteiger partial charge is 0.394 e. The van der Waals surface area contributed by atoms with E-state index in [4.69, 9.17) is 5.11 Å². The molecule has 7 nitrogen and oxygen atoms in total. The van der Waals surface area contributed by atoms with Crippen molar-refractivity contribution in [1.29, 1.82) is 0 Å². The van der Waals surface area contributed by atoms with Crippen LogP contribution >= 0.6 is 0 Å². The lowest BCUT2D eigenvalue weighted by Gasteiger charge is -2.13. The molecule has 0 spiro atoms.